The molecule has 7 heteroatoms. The van der Waals surface area contributed by atoms with E-state index in [1.54, 1.807) is 0 Å². The van der Waals surface area contributed by atoms with Crippen LogP contribution in [-0.4, -0.2) is 76.1 Å². The van der Waals surface area contributed by atoms with E-state index in [2.05, 4.69) is 4.90 Å². The van der Waals surface area contributed by atoms with Crippen molar-refractivity contribution in [3.8, 4) is 0 Å². The molecule has 6 nitrogen and oxygen atoms in total. The first-order valence-electron chi connectivity index (χ1n) is 6.88. The first-order chi connectivity index (χ1) is 8.97. The molecule has 0 amide bonds. The fourth-order valence-electron chi connectivity index (χ4n) is 2.16. The summed E-state index contributed by atoms with van der Waals surface area (Å²) in [5, 5.41) is 0. The van der Waals surface area contributed by atoms with Crippen LogP contribution in [0.5, 0.6) is 0 Å². The quantitative estimate of drug-likeness (QED) is 0.605. The van der Waals surface area contributed by atoms with Gasteiger partial charge < -0.3 is 14.4 Å². The minimum atomic E-state index is -3.04. The lowest BCUT2D eigenvalue weighted by molar-refractivity contribution is -0.142. The van der Waals surface area contributed by atoms with Gasteiger partial charge in [0.15, 0.2) is 6.29 Å². The Hall–Kier alpha value is -0.210. The molecule has 1 fully saturated rings. The molecule has 0 bridgehead atoms. The minimum absolute atomic E-state index is 0.150. The van der Waals surface area contributed by atoms with Crippen LogP contribution in [-0.2, 0) is 19.5 Å². The van der Waals surface area contributed by atoms with Crippen LogP contribution in [0, 0.1) is 0 Å². The summed E-state index contributed by atoms with van der Waals surface area (Å²) in [5.41, 5.74) is 0. The van der Waals surface area contributed by atoms with Crippen molar-refractivity contribution in [2.75, 3.05) is 52.2 Å². The van der Waals surface area contributed by atoms with Crippen molar-refractivity contribution in [1.82, 2.24) is 9.21 Å². The Morgan fingerprint density at radius 1 is 1.05 bits per heavy atom. The summed E-state index contributed by atoms with van der Waals surface area (Å²) in [6.07, 6.45) is 1.94. The zero-order valence-corrected chi connectivity index (χ0v) is 13.0. The standard InChI is InChI=1S/C12H26N2O4S/c1-4-17-12(18-5-2)6-7-13-8-10-14(11-9-13)19(3,15)16/h12H,4-11H2,1-3H3. The molecule has 1 aliphatic rings. The Morgan fingerprint density at radius 2 is 1.58 bits per heavy atom. The highest BCUT2D eigenvalue weighted by atomic mass is 32.2. The van der Waals surface area contributed by atoms with E-state index < -0.39 is 10.0 Å². The summed E-state index contributed by atoms with van der Waals surface area (Å²) in [6, 6.07) is 0. The van der Waals surface area contributed by atoms with Crippen LogP contribution in [0.25, 0.3) is 0 Å². The molecule has 0 aromatic heterocycles. The zero-order chi connectivity index (χ0) is 14.3. The van der Waals surface area contributed by atoms with Crippen molar-refractivity contribution in [3.63, 3.8) is 0 Å². The molecule has 0 spiro atoms. The van der Waals surface area contributed by atoms with Crippen LogP contribution < -0.4 is 0 Å². The second-order valence-corrected chi connectivity index (χ2v) is 6.62. The maximum absolute atomic E-state index is 11.4. The fraction of sp³-hybridized carbons (Fsp3) is 1.00. The topological polar surface area (TPSA) is 59.1 Å². The molecule has 1 saturated heterocycles. The van der Waals surface area contributed by atoms with Gasteiger partial charge in [-0.15, -0.1) is 0 Å². The maximum Gasteiger partial charge on any atom is 0.211 e. The van der Waals surface area contributed by atoms with Crippen molar-refractivity contribution in [2.45, 2.75) is 26.6 Å². The van der Waals surface area contributed by atoms with Gasteiger partial charge in [-0.3, -0.25) is 0 Å². The van der Waals surface area contributed by atoms with Crippen LogP contribution in [0.1, 0.15) is 20.3 Å². The summed E-state index contributed by atoms with van der Waals surface area (Å²) in [6.45, 7) is 8.78. The number of hydrogen-bond acceptors (Lipinski definition) is 5. The van der Waals surface area contributed by atoms with Crippen LogP contribution in [0.15, 0.2) is 0 Å². The van der Waals surface area contributed by atoms with E-state index in [0.717, 1.165) is 26.1 Å². The molecule has 0 aromatic rings. The van der Waals surface area contributed by atoms with Crippen molar-refractivity contribution in [1.29, 1.82) is 0 Å². The molecule has 0 N–H and O–H groups in total. The Bertz CT molecular complexity index is 334. The number of sulfonamides is 1. The third kappa shape index (κ3) is 6.18. The normalized spacial score (nSPS) is 19.2. The van der Waals surface area contributed by atoms with E-state index in [9.17, 15) is 8.42 Å². The SMILES string of the molecule is CCOC(CCN1CCN(S(C)(=O)=O)CC1)OCC. The van der Waals surface area contributed by atoms with Crippen LogP contribution in [0.2, 0.25) is 0 Å². The van der Waals surface area contributed by atoms with Crippen molar-refractivity contribution >= 4 is 10.0 Å². The van der Waals surface area contributed by atoms with Crippen LogP contribution in [0.3, 0.4) is 0 Å². The lowest BCUT2D eigenvalue weighted by Gasteiger charge is -2.33. The molecule has 0 radical (unpaired) electrons. The third-order valence-electron chi connectivity index (χ3n) is 3.19. The van der Waals surface area contributed by atoms with E-state index in [-0.39, 0.29) is 6.29 Å². The highest BCUT2D eigenvalue weighted by molar-refractivity contribution is 7.88. The Morgan fingerprint density at radius 3 is 2.00 bits per heavy atom. The molecule has 1 rings (SSSR count). The van der Waals surface area contributed by atoms with E-state index >= 15 is 0 Å². The first kappa shape index (κ1) is 16.8. The van der Waals surface area contributed by atoms with Crippen molar-refractivity contribution in [3.05, 3.63) is 0 Å². The Kier molecular flexibility index (Phi) is 7.23. The highest BCUT2D eigenvalue weighted by Gasteiger charge is 2.23. The van der Waals surface area contributed by atoms with E-state index in [1.807, 2.05) is 13.8 Å². The van der Waals surface area contributed by atoms with Crippen molar-refractivity contribution < 1.29 is 17.9 Å². The lowest BCUT2D eigenvalue weighted by Crippen LogP contribution is -2.48. The van der Waals surface area contributed by atoms with Gasteiger partial charge in [0.25, 0.3) is 0 Å². The highest BCUT2D eigenvalue weighted by Crippen LogP contribution is 2.09. The molecule has 0 aromatic carbocycles. The molecule has 0 aliphatic carbocycles. The number of piperazine rings is 1. The summed E-state index contributed by atoms with van der Waals surface area (Å²) >= 11 is 0. The van der Waals surface area contributed by atoms with Gasteiger partial charge in [0, 0.05) is 52.4 Å². The predicted molar refractivity (Wildman–Crippen MR) is 74.5 cm³/mol. The van der Waals surface area contributed by atoms with Gasteiger partial charge in [0.05, 0.1) is 6.26 Å². The molecular formula is C12H26N2O4S. The molecule has 0 saturated carbocycles. The van der Waals surface area contributed by atoms with Crippen LogP contribution in [0.4, 0.5) is 0 Å². The second-order valence-electron chi connectivity index (χ2n) is 4.63. The molecular weight excluding hydrogens is 268 g/mol. The van der Waals surface area contributed by atoms with Gasteiger partial charge in [-0.2, -0.15) is 4.31 Å². The zero-order valence-electron chi connectivity index (χ0n) is 12.2. The average Bonchev–Trinajstić information content (AvgIpc) is 2.36. The fourth-order valence-corrected chi connectivity index (χ4v) is 2.99. The maximum atomic E-state index is 11.4. The molecule has 1 heterocycles. The summed E-state index contributed by atoms with van der Waals surface area (Å²) in [4.78, 5) is 2.26. The minimum Gasteiger partial charge on any atom is -0.353 e. The van der Waals surface area contributed by atoms with Crippen LogP contribution >= 0.6 is 0 Å². The van der Waals surface area contributed by atoms with Gasteiger partial charge in [-0.1, -0.05) is 0 Å². The van der Waals surface area contributed by atoms with Crippen molar-refractivity contribution in [2.24, 2.45) is 0 Å². The number of rotatable bonds is 8. The summed E-state index contributed by atoms with van der Waals surface area (Å²) < 4.78 is 35.3. The number of hydrogen-bond donors (Lipinski definition) is 0. The number of ether oxygens (including phenoxy) is 2. The van der Waals surface area contributed by atoms with Gasteiger partial charge >= 0.3 is 0 Å². The predicted octanol–water partition coefficient (Wildman–Crippen LogP) is 0.353. The average molecular weight is 294 g/mol. The molecule has 0 atom stereocenters. The Labute approximate surface area is 116 Å². The molecule has 19 heavy (non-hydrogen) atoms. The van der Waals surface area contributed by atoms with E-state index in [1.165, 1.54) is 10.6 Å². The molecule has 0 unspecified atom stereocenters. The number of nitrogens with zero attached hydrogens (tertiary/aromatic N) is 2. The van der Waals surface area contributed by atoms with E-state index in [0.29, 0.717) is 26.3 Å². The second kappa shape index (κ2) is 8.16. The summed E-state index contributed by atoms with van der Waals surface area (Å²) in [5.74, 6) is 0. The first-order valence-corrected chi connectivity index (χ1v) is 8.72. The van der Waals surface area contributed by atoms with E-state index in [4.69, 9.17) is 9.47 Å². The van der Waals surface area contributed by atoms with Gasteiger partial charge in [0.2, 0.25) is 10.0 Å². The lowest BCUT2D eigenvalue weighted by atomic mass is 10.3. The molecule has 114 valence electrons. The molecule has 1 aliphatic heterocycles. The smallest absolute Gasteiger partial charge is 0.211 e. The largest absolute Gasteiger partial charge is 0.353 e. The van der Waals surface area contributed by atoms with Gasteiger partial charge in [-0.25, -0.2) is 8.42 Å². The monoisotopic (exact) mass is 294 g/mol. The summed E-state index contributed by atoms with van der Waals surface area (Å²) in [7, 11) is -3.04. The van der Waals surface area contributed by atoms with Gasteiger partial charge in [-0.05, 0) is 13.8 Å². The third-order valence-corrected chi connectivity index (χ3v) is 4.49. The Balaban J connectivity index is 2.28. The van der Waals surface area contributed by atoms with Gasteiger partial charge in [0.1, 0.15) is 0 Å².